The number of carbonyl (C=O) groups is 1. The first-order valence-electron chi connectivity index (χ1n) is 7.89. The minimum Gasteiger partial charge on any atom is -0.355 e. The highest BCUT2D eigenvalue weighted by Gasteiger charge is 2.10. The van der Waals surface area contributed by atoms with Crippen LogP contribution in [0.1, 0.15) is 21.6 Å². The normalized spacial score (nSPS) is 10.4. The van der Waals surface area contributed by atoms with Gasteiger partial charge in [0.15, 0.2) is 0 Å². The van der Waals surface area contributed by atoms with E-state index in [4.69, 9.17) is 0 Å². The second kappa shape index (κ2) is 7.13. The maximum absolute atomic E-state index is 13.2. The molecule has 0 bridgehead atoms. The molecule has 2 aromatic carbocycles. The summed E-state index contributed by atoms with van der Waals surface area (Å²) < 4.78 is 13.2. The minimum absolute atomic E-state index is 0.250. The molecule has 0 fully saturated rings. The van der Waals surface area contributed by atoms with Crippen LogP contribution in [0.5, 0.6) is 0 Å². The van der Waals surface area contributed by atoms with E-state index < -0.39 is 11.7 Å². The molecule has 3 aromatic rings. The summed E-state index contributed by atoms with van der Waals surface area (Å²) >= 11 is 0. The van der Waals surface area contributed by atoms with Crippen molar-refractivity contribution >= 4 is 23.0 Å². The molecule has 0 aliphatic heterocycles. The third-order valence-electron chi connectivity index (χ3n) is 3.96. The molecule has 1 heterocycles. The average Bonchev–Trinajstić information content (AvgIpc) is 2.59. The number of aryl methyl sites for hydroxylation is 1. The van der Waals surface area contributed by atoms with E-state index in [0.717, 1.165) is 16.9 Å². The van der Waals surface area contributed by atoms with Gasteiger partial charge in [-0.25, -0.2) is 4.39 Å². The number of nitrogens with zero attached hydrogens (tertiary/aromatic N) is 1. The van der Waals surface area contributed by atoms with Crippen molar-refractivity contribution in [2.24, 2.45) is 0 Å². The van der Waals surface area contributed by atoms with Crippen LogP contribution in [0.15, 0.2) is 60.8 Å². The fourth-order valence-corrected chi connectivity index (χ4v) is 2.44. The van der Waals surface area contributed by atoms with Gasteiger partial charge in [-0.05, 0) is 61.4 Å². The Kier molecular flexibility index (Phi) is 4.75. The van der Waals surface area contributed by atoms with Gasteiger partial charge in [-0.2, -0.15) is 0 Å². The number of rotatable bonds is 4. The van der Waals surface area contributed by atoms with Gasteiger partial charge in [0.05, 0.1) is 0 Å². The zero-order valence-electron chi connectivity index (χ0n) is 14.0. The van der Waals surface area contributed by atoms with Crippen LogP contribution in [0.25, 0.3) is 0 Å². The van der Waals surface area contributed by atoms with Gasteiger partial charge in [0.2, 0.25) is 0 Å². The van der Waals surface area contributed by atoms with Crippen LogP contribution >= 0.6 is 0 Å². The first-order chi connectivity index (χ1) is 12.0. The van der Waals surface area contributed by atoms with Crippen molar-refractivity contribution in [1.29, 1.82) is 0 Å². The third-order valence-corrected chi connectivity index (χ3v) is 3.96. The molecule has 3 rings (SSSR count). The van der Waals surface area contributed by atoms with Crippen molar-refractivity contribution in [3.8, 4) is 0 Å². The summed E-state index contributed by atoms with van der Waals surface area (Å²) in [5.41, 5.74) is 4.70. The first-order valence-corrected chi connectivity index (χ1v) is 7.89. The molecule has 0 saturated carbocycles. The molecular formula is C20H18FN3O. The lowest BCUT2D eigenvalue weighted by atomic mass is 10.1. The molecule has 25 heavy (non-hydrogen) atoms. The lowest BCUT2D eigenvalue weighted by molar-refractivity contribution is 0.102. The Hall–Kier alpha value is -3.21. The lowest BCUT2D eigenvalue weighted by Gasteiger charge is -2.12. The maximum Gasteiger partial charge on any atom is 0.274 e. The summed E-state index contributed by atoms with van der Waals surface area (Å²) in [5, 5.41) is 5.94. The van der Waals surface area contributed by atoms with Crippen LogP contribution in [0.4, 0.5) is 21.5 Å². The zero-order chi connectivity index (χ0) is 17.8. The Morgan fingerprint density at radius 2 is 1.80 bits per heavy atom. The van der Waals surface area contributed by atoms with Crippen molar-refractivity contribution in [1.82, 2.24) is 4.98 Å². The number of hydrogen-bond donors (Lipinski definition) is 2. The fraction of sp³-hybridized carbons (Fsp3) is 0.100. The summed E-state index contributed by atoms with van der Waals surface area (Å²) in [7, 11) is 0. The molecule has 0 radical (unpaired) electrons. The van der Waals surface area contributed by atoms with Crippen LogP contribution in [0.2, 0.25) is 0 Å². The van der Waals surface area contributed by atoms with Gasteiger partial charge in [-0.3, -0.25) is 9.78 Å². The van der Waals surface area contributed by atoms with Crippen molar-refractivity contribution in [3.63, 3.8) is 0 Å². The molecule has 5 heteroatoms. The van der Waals surface area contributed by atoms with E-state index in [0.29, 0.717) is 5.69 Å². The van der Waals surface area contributed by atoms with E-state index in [-0.39, 0.29) is 5.69 Å². The first kappa shape index (κ1) is 16.6. The van der Waals surface area contributed by atoms with Gasteiger partial charge in [0.1, 0.15) is 11.5 Å². The standard InChI is InChI=1S/C20H18FN3O/c1-13-5-3-8-18(14(13)2)23-17-9-10-22-19(12-17)20(25)24-16-7-4-6-15(21)11-16/h3-12H,1-2H3,(H,22,23)(H,24,25). The number of aromatic nitrogens is 1. The van der Waals surface area contributed by atoms with Gasteiger partial charge in [-0.15, -0.1) is 0 Å². The predicted molar refractivity (Wildman–Crippen MR) is 97.8 cm³/mol. The molecule has 0 aliphatic rings. The number of hydrogen-bond acceptors (Lipinski definition) is 3. The summed E-state index contributed by atoms with van der Waals surface area (Å²) in [6.45, 7) is 4.08. The molecule has 0 aliphatic carbocycles. The maximum atomic E-state index is 13.2. The molecule has 1 aromatic heterocycles. The summed E-state index contributed by atoms with van der Waals surface area (Å²) in [6, 6.07) is 15.2. The van der Waals surface area contributed by atoms with E-state index in [1.54, 1.807) is 24.4 Å². The highest BCUT2D eigenvalue weighted by Crippen LogP contribution is 2.23. The van der Waals surface area contributed by atoms with E-state index in [2.05, 4.69) is 15.6 Å². The van der Waals surface area contributed by atoms with Crippen molar-refractivity contribution in [2.75, 3.05) is 10.6 Å². The molecule has 1 amide bonds. The molecule has 0 atom stereocenters. The molecule has 0 unspecified atom stereocenters. The third kappa shape index (κ3) is 4.01. The van der Waals surface area contributed by atoms with Crippen LogP contribution in [0, 0.1) is 19.7 Å². The van der Waals surface area contributed by atoms with Gasteiger partial charge < -0.3 is 10.6 Å². The van der Waals surface area contributed by atoms with Gasteiger partial charge >= 0.3 is 0 Å². The largest absolute Gasteiger partial charge is 0.355 e. The SMILES string of the molecule is Cc1cccc(Nc2ccnc(C(=O)Nc3cccc(F)c3)c2)c1C. The lowest BCUT2D eigenvalue weighted by Crippen LogP contribution is -2.14. The quantitative estimate of drug-likeness (QED) is 0.718. The molecule has 2 N–H and O–H groups in total. The number of amides is 1. The highest BCUT2D eigenvalue weighted by molar-refractivity contribution is 6.03. The summed E-state index contributed by atoms with van der Waals surface area (Å²) in [6.07, 6.45) is 1.56. The molecular weight excluding hydrogens is 317 g/mol. The van der Waals surface area contributed by atoms with Crippen LogP contribution in [-0.2, 0) is 0 Å². The zero-order valence-corrected chi connectivity index (χ0v) is 14.0. The average molecular weight is 335 g/mol. The number of anilines is 3. The Bertz CT molecular complexity index is 924. The Morgan fingerprint density at radius 1 is 1.00 bits per heavy atom. The van der Waals surface area contributed by atoms with E-state index in [1.807, 2.05) is 32.0 Å². The van der Waals surface area contributed by atoms with Crippen LogP contribution < -0.4 is 10.6 Å². The molecule has 0 spiro atoms. The number of nitrogens with one attached hydrogen (secondary N) is 2. The van der Waals surface area contributed by atoms with Gasteiger partial charge in [0.25, 0.3) is 5.91 Å². The Morgan fingerprint density at radius 3 is 2.60 bits per heavy atom. The van der Waals surface area contributed by atoms with E-state index in [9.17, 15) is 9.18 Å². The highest BCUT2D eigenvalue weighted by atomic mass is 19.1. The smallest absolute Gasteiger partial charge is 0.274 e. The molecule has 4 nitrogen and oxygen atoms in total. The molecule has 126 valence electrons. The second-order valence-corrected chi connectivity index (χ2v) is 5.77. The number of pyridine rings is 1. The number of benzene rings is 2. The second-order valence-electron chi connectivity index (χ2n) is 5.77. The van der Waals surface area contributed by atoms with Gasteiger partial charge in [0, 0.05) is 23.3 Å². The Balaban J connectivity index is 1.79. The predicted octanol–water partition coefficient (Wildman–Crippen LogP) is 4.83. The van der Waals surface area contributed by atoms with Crippen molar-refractivity contribution in [2.45, 2.75) is 13.8 Å². The van der Waals surface area contributed by atoms with Crippen LogP contribution in [-0.4, -0.2) is 10.9 Å². The monoisotopic (exact) mass is 335 g/mol. The van der Waals surface area contributed by atoms with Gasteiger partial charge in [-0.1, -0.05) is 18.2 Å². The number of halogens is 1. The molecule has 0 saturated heterocycles. The Labute approximate surface area is 145 Å². The topological polar surface area (TPSA) is 54.0 Å². The fourth-order valence-electron chi connectivity index (χ4n) is 2.44. The minimum atomic E-state index is -0.406. The van der Waals surface area contributed by atoms with Crippen molar-refractivity contribution in [3.05, 3.63) is 83.4 Å². The number of carbonyl (C=O) groups excluding carboxylic acids is 1. The van der Waals surface area contributed by atoms with Crippen LogP contribution in [0.3, 0.4) is 0 Å². The summed E-state index contributed by atoms with van der Waals surface area (Å²) in [4.78, 5) is 16.4. The van der Waals surface area contributed by atoms with E-state index in [1.165, 1.54) is 23.8 Å². The van der Waals surface area contributed by atoms with Crippen molar-refractivity contribution < 1.29 is 9.18 Å². The van der Waals surface area contributed by atoms with E-state index >= 15 is 0 Å². The summed E-state index contributed by atoms with van der Waals surface area (Å²) in [5.74, 6) is -0.800.